The number of ether oxygens (including phenoxy) is 3. The molecular weight excluding hydrogens is 841 g/mol. The third-order valence-corrected chi connectivity index (χ3v) is 14.6. The summed E-state index contributed by atoms with van der Waals surface area (Å²) < 4.78 is 16.9. The Bertz CT molecular complexity index is 1040. The van der Waals surface area contributed by atoms with Gasteiger partial charge in [-0.25, -0.2) is 0 Å². The largest absolute Gasteiger partial charge is 0.462 e. The highest BCUT2D eigenvalue weighted by Crippen LogP contribution is 2.19. The van der Waals surface area contributed by atoms with Gasteiger partial charge in [0.1, 0.15) is 13.2 Å². The lowest BCUT2D eigenvalue weighted by atomic mass is 9.99. The predicted octanol–water partition coefficient (Wildman–Crippen LogP) is 20.4. The molecule has 0 spiro atoms. The molecule has 6 heteroatoms. The number of carbonyl (C=O) groups excluding carboxylic acids is 3. The Morgan fingerprint density at radius 1 is 0.309 bits per heavy atom. The molecule has 0 bridgehead atoms. The number of esters is 3. The first-order chi connectivity index (χ1) is 33.3. The molecule has 2 atom stereocenters. The zero-order valence-electron chi connectivity index (χ0n) is 46.7. The highest BCUT2D eigenvalue weighted by Gasteiger charge is 2.19. The van der Waals surface area contributed by atoms with Crippen LogP contribution >= 0.6 is 0 Å². The van der Waals surface area contributed by atoms with Gasteiger partial charge in [-0.15, -0.1) is 0 Å². The molecule has 1 unspecified atom stereocenters. The van der Waals surface area contributed by atoms with Crippen LogP contribution in [-0.4, -0.2) is 37.2 Å². The van der Waals surface area contributed by atoms with E-state index in [1.165, 1.54) is 238 Å². The molecule has 68 heavy (non-hydrogen) atoms. The molecule has 0 fully saturated rings. The first kappa shape index (κ1) is 66.4. The van der Waals surface area contributed by atoms with Gasteiger partial charge in [0.05, 0.1) is 0 Å². The molecule has 0 aliphatic rings. The van der Waals surface area contributed by atoms with Gasteiger partial charge in [0.2, 0.25) is 0 Å². The van der Waals surface area contributed by atoms with Crippen LogP contribution in [0.1, 0.15) is 349 Å². The van der Waals surface area contributed by atoms with Crippen molar-refractivity contribution in [3.63, 3.8) is 0 Å². The third-order valence-electron chi connectivity index (χ3n) is 14.6. The van der Waals surface area contributed by atoms with E-state index in [9.17, 15) is 14.4 Å². The molecule has 0 amide bonds. The van der Waals surface area contributed by atoms with Gasteiger partial charge < -0.3 is 14.2 Å². The molecule has 0 saturated carbocycles. The van der Waals surface area contributed by atoms with E-state index in [1.807, 2.05) is 0 Å². The van der Waals surface area contributed by atoms with Crippen LogP contribution in [0.5, 0.6) is 0 Å². The Balaban J connectivity index is 4.26. The van der Waals surface area contributed by atoms with Crippen molar-refractivity contribution in [2.75, 3.05) is 13.2 Å². The molecule has 0 N–H and O–H groups in total. The lowest BCUT2D eigenvalue weighted by molar-refractivity contribution is -0.167. The van der Waals surface area contributed by atoms with Gasteiger partial charge in [0.25, 0.3) is 0 Å². The van der Waals surface area contributed by atoms with Crippen molar-refractivity contribution in [1.82, 2.24) is 0 Å². The minimum absolute atomic E-state index is 0.0621. The van der Waals surface area contributed by atoms with Crippen molar-refractivity contribution in [1.29, 1.82) is 0 Å². The van der Waals surface area contributed by atoms with E-state index < -0.39 is 6.10 Å². The molecule has 6 nitrogen and oxygen atoms in total. The fourth-order valence-corrected chi connectivity index (χ4v) is 9.55. The van der Waals surface area contributed by atoms with Crippen LogP contribution in [0.15, 0.2) is 0 Å². The number of carbonyl (C=O) groups is 3. The first-order valence-corrected chi connectivity index (χ1v) is 30.8. The van der Waals surface area contributed by atoms with Crippen LogP contribution in [0.4, 0.5) is 0 Å². The Kier molecular flexibility index (Phi) is 53.5. The first-order valence-electron chi connectivity index (χ1n) is 30.8. The smallest absolute Gasteiger partial charge is 0.306 e. The summed E-state index contributed by atoms with van der Waals surface area (Å²) in [7, 11) is 0. The van der Waals surface area contributed by atoms with E-state index in [4.69, 9.17) is 14.2 Å². The van der Waals surface area contributed by atoms with Crippen molar-refractivity contribution in [2.24, 2.45) is 11.8 Å². The summed E-state index contributed by atoms with van der Waals surface area (Å²) in [5, 5.41) is 0. The average Bonchev–Trinajstić information content (AvgIpc) is 3.32. The second kappa shape index (κ2) is 54.7. The number of hydrogen-bond acceptors (Lipinski definition) is 6. The van der Waals surface area contributed by atoms with E-state index >= 15 is 0 Å². The maximum Gasteiger partial charge on any atom is 0.306 e. The molecule has 0 aliphatic carbocycles. The van der Waals surface area contributed by atoms with Crippen LogP contribution in [0.25, 0.3) is 0 Å². The fourth-order valence-electron chi connectivity index (χ4n) is 9.55. The van der Waals surface area contributed by atoms with E-state index in [1.54, 1.807) is 0 Å². The van der Waals surface area contributed by atoms with Gasteiger partial charge >= 0.3 is 17.9 Å². The quantitative estimate of drug-likeness (QED) is 0.0343. The zero-order chi connectivity index (χ0) is 49.6. The summed E-state index contributed by atoms with van der Waals surface area (Å²) in [6, 6.07) is 0. The maximum absolute atomic E-state index is 12.9. The Labute approximate surface area is 425 Å². The summed E-state index contributed by atoms with van der Waals surface area (Å²) in [6.07, 6.45) is 59.5. The van der Waals surface area contributed by atoms with E-state index in [2.05, 4.69) is 34.6 Å². The van der Waals surface area contributed by atoms with E-state index in [0.717, 1.165) is 69.6 Å². The standard InChI is InChI=1S/C62H120O6/c1-6-8-9-10-11-12-13-20-29-34-39-44-49-54-62(65)68-59(56-67-61(64)53-48-43-38-33-28-24-19-18-22-26-31-36-41-46-51-58(5)7-2)55-66-60(63)52-47-42-37-32-27-23-17-15-14-16-21-25-30-35-40-45-50-57(3)4/h57-59H,6-56H2,1-5H3/t58?,59-/m1/s1. The monoisotopic (exact) mass is 961 g/mol. The summed E-state index contributed by atoms with van der Waals surface area (Å²) >= 11 is 0. The zero-order valence-corrected chi connectivity index (χ0v) is 46.7. The van der Waals surface area contributed by atoms with Gasteiger partial charge in [-0.05, 0) is 31.1 Å². The summed E-state index contributed by atoms with van der Waals surface area (Å²) in [5.41, 5.74) is 0. The van der Waals surface area contributed by atoms with Crippen molar-refractivity contribution >= 4 is 17.9 Å². The van der Waals surface area contributed by atoms with Gasteiger partial charge in [-0.2, -0.15) is 0 Å². The normalized spacial score (nSPS) is 12.4. The topological polar surface area (TPSA) is 78.9 Å². The second-order valence-electron chi connectivity index (χ2n) is 22.1. The maximum atomic E-state index is 12.9. The third kappa shape index (κ3) is 53.8. The lowest BCUT2D eigenvalue weighted by Crippen LogP contribution is -2.30. The Morgan fingerprint density at radius 2 is 0.559 bits per heavy atom. The van der Waals surface area contributed by atoms with Crippen LogP contribution < -0.4 is 0 Å². The van der Waals surface area contributed by atoms with Crippen molar-refractivity contribution in [3.05, 3.63) is 0 Å². The molecule has 0 heterocycles. The minimum atomic E-state index is -0.763. The van der Waals surface area contributed by atoms with Crippen LogP contribution in [0.3, 0.4) is 0 Å². The number of rotatable bonds is 56. The summed E-state index contributed by atoms with van der Waals surface area (Å²) in [5.74, 6) is 0.915. The molecule has 0 aromatic carbocycles. The van der Waals surface area contributed by atoms with Gasteiger partial charge in [-0.3, -0.25) is 14.4 Å². The summed E-state index contributed by atoms with van der Waals surface area (Å²) in [4.78, 5) is 38.2. The minimum Gasteiger partial charge on any atom is -0.462 e. The van der Waals surface area contributed by atoms with Crippen LogP contribution in [0.2, 0.25) is 0 Å². The molecular formula is C62H120O6. The van der Waals surface area contributed by atoms with Crippen molar-refractivity contribution < 1.29 is 28.6 Å². The lowest BCUT2D eigenvalue weighted by Gasteiger charge is -2.18. The van der Waals surface area contributed by atoms with Gasteiger partial charge in [0.15, 0.2) is 6.10 Å². The second-order valence-corrected chi connectivity index (χ2v) is 22.1. The molecule has 0 aromatic rings. The van der Waals surface area contributed by atoms with E-state index in [0.29, 0.717) is 19.3 Å². The highest BCUT2D eigenvalue weighted by molar-refractivity contribution is 5.71. The van der Waals surface area contributed by atoms with Crippen LogP contribution in [0, 0.1) is 11.8 Å². The summed E-state index contributed by atoms with van der Waals surface area (Å²) in [6.45, 7) is 11.5. The fraction of sp³-hybridized carbons (Fsp3) is 0.952. The molecule has 0 rings (SSSR count). The van der Waals surface area contributed by atoms with Crippen LogP contribution in [-0.2, 0) is 28.6 Å². The Hall–Kier alpha value is -1.59. The molecule has 0 aromatic heterocycles. The Morgan fingerprint density at radius 3 is 0.838 bits per heavy atom. The number of unbranched alkanes of at least 4 members (excludes halogenated alkanes) is 40. The SMILES string of the molecule is CCCCCCCCCCCCCCCC(=O)O[C@H](COC(=O)CCCCCCCCCCCCCCCCCCC(C)C)COC(=O)CCCCCCCCCCCCCCCCC(C)CC. The van der Waals surface area contributed by atoms with E-state index in [-0.39, 0.29) is 31.1 Å². The van der Waals surface area contributed by atoms with Crippen molar-refractivity contribution in [3.8, 4) is 0 Å². The predicted molar refractivity (Wildman–Crippen MR) is 293 cm³/mol. The number of hydrogen-bond donors (Lipinski definition) is 0. The highest BCUT2D eigenvalue weighted by atomic mass is 16.6. The average molecular weight is 962 g/mol. The molecule has 0 radical (unpaired) electrons. The van der Waals surface area contributed by atoms with Gasteiger partial charge in [-0.1, -0.05) is 311 Å². The molecule has 0 aliphatic heterocycles. The molecule has 0 saturated heterocycles. The molecule has 404 valence electrons. The van der Waals surface area contributed by atoms with Gasteiger partial charge in [0, 0.05) is 19.3 Å². The van der Waals surface area contributed by atoms with Crippen molar-refractivity contribution in [2.45, 2.75) is 355 Å².